The third-order valence-electron chi connectivity index (χ3n) is 2.34. The Bertz CT molecular complexity index is 563. The van der Waals surface area contributed by atoms with Gasteiger partial charge in [-0.2, -0.15) is 0 Å². The van der Waals surface area contributed by atoms with Gasteiger partial charge in [-0.25, -0.2) is 4.98 Å². The summed E-state index contributed by atoms with van der Waals surface area (Å²) in [6.07, 6.45) is 0. The standard InChI is InChI=1S/C13H12ClNOS2/c1-8-13(9(2)16)18-12(15-8)7-17-11-5-3-10(14)4-6-11/h3-6H,7H2,1-2H3. The van der Waals surface area contributed by atoms with Gasteiger partial charge >= 0.3 is 0 Å². The lowest BCUT2D eigenvalue weighted by Crippen LogP contribution is -1.89. The van der Waals surface area contributed by atoms with Gasteiger partial charge in [0.25, 0.3) is 0 Å². The summed E-state index contributed by atoms with van der Waals surface area (Å²) in [5.41, 5.74) is 0.833. The Kier molecular flexibility index (Phi) is 4.43. The first-order valence-corrected chi connectivity index (χ1v) is 7.60. The van der Waals surface area contributed by atoms with Crippen molar-refractivity contribution in [3.8, 4) is 0 Å². The van der Waals surface area contributed by atoms with Crippen LogP contribution in [0.25, 0.3) is 0 Å². The number of carbonyl (C=O) groups excluding carboxylic acids is 1. The molecule has 0 bridgehead atoms. The van der Waals surface area contributed by atoms with Gasteiger partial charge in [0.15, 0.2) is 5.78 Å². The third kappa shape index (κ3) is 3.34. The molecule has 0 unspecified atom stereocenters. The second kappa shape index (κ2) is 5.87. The van der Waals surface area contributed by atoms with E-state index in [4.69, 9.17) is 11.6 Å². The number of benzene rings is 1. The van der Waals surface area contributed by atoms with Crippen molar-refractivity contribution < 1.29 is 4.79 Å². The van der Waals surface area contributed by atoms with Gasteiger partial charge in [0, 0.05) is 16.8 Å². The van der Waals surface area contributed by atoms with Gasteiger partial charge in [-0.15, -0.1) is 23.1 Å². The molecule has 0 atom stereocenters. The third-order valence-corrected chi connectivity index (χ3v) is 5.05. The highest BCUT2D eigenvalue weighted by atomic mass is 35.5. The maximum atomic E-state index is 11.3. The lowest BCUT2D eigenvalue weighted by Gasteiger charge is -1.98. The fourth-order valence-electron chi connectivity index (χ4n) is 1.52. The van der Waals surface area contributed by atoms with E-state index in [1.54, 1.807) is 18.7 Å². The molecule has 0 amide bonds. The van der Waals surface area contributed by atoms with E-state index in [1.165, 1.54) is 11.3 Å². The molecule has 0 aliphatic carbocycles. The first-order chi connectivity index (χ1) is 8.56. The Morgan fingerprint density at radius 2 is 2.06 bits per heavy atom. The number of aromatic nitrogens is 1. The minimum atomic E-state index is 0.0905. The lowest BCUT2D eigenvalue weighted by atomic mass is 10.3. The van der Waals surface area contributed by atoms with Gasteiger partial charge in [0.1, 0.15) is 5.01 Å². The van der Waals surface area contributed by atoms with Crippen molar-refractivity contribution >= 4 is 40.5 Å². The smallest absolute Gasteiger partial charge is 0.171 e. The molecule has 1 heterocycles. The fourth-order valence-corrected chi connectivity index (χ4v) is 3.49. The average Bonchev–Trinajstić information content (AvgIpc) is 2.70. The van der Waals surface area contributed by atoms with Crippen LogP contribution < -0.4 is 0 Å². The van der Waals surface area contributed by atoms with Crippen LogP contribution in [0.4, 0.5) is 0 Å². The number of carbonyl (C=O) groups is 1. The summed E-state index contributed by atoms with van der Waals surface area (Å²) in [5.74, 6) is 0.869. The van der Waals surface area contributed by atoms with Crippen LogP contribution in [0.3, 0.4) is 0 Å². The Morgan fingerprint density at radius 3 is 2.61 bits per heavy atom. The molecule has 0 spiro atoms. The van der Waals surface area contributed by atoms with Crippen LogP contribution in [0, 0.1) is 6.92 Å². The first kappa shape index (κ1) is 13.6. The molecule has 0 saturated carbocycles. The molecular formula is C13H12ClNOS2. The number of Topliss-reactive ketones (excluding diaryl/α,β-unsaturated/α-hetero) is 1. The first-order valence-electron chi connectivity index (χ1n) is 5.42. The zero-order valence-corrected chi connectivity index (χ0v) is 12.5. The number of halogens is 1. The van der Waals surface area contributed by atoms with E-state index in [0.29, 0.717) is 0 Å². The van der Waals surface area contributed by atoms with E-state index in [1.807, 2.05) is 31.2 Å². The van der Waals surface area contributed by atoms with Crippen LogP contribution in [-0.4, -0.2) is 10.8 Å². The van der Waals surface area contributed by atoms with Crippen molar-refractivity contribution in [1.82, 2.24) is 4.98 Å². The highest BCUT2D eigenvalue weighted by Crippen LogP contribution is 2.27. The van der Waals surface area contributed by atoms with Gasteiger partial charge in [0.05, 0.1) is 16.3 Å². The van der Waals surface area contributed by atoms with E-state index in [2.05, 4.69) is 4.98 Å². The molecule has 0 N–H and O–H groups in total. The van der Waals surface area contributed by atoms with Crippen LogP contribution in [0.2, 0.25) is 5.02 Å². The zero-order valence-electron chi connectivity index (χ0n) is 10.1. The molecule has 18 heavy (non-hydrogen) atoms. The SMILES string of the molecule is CC(=O)c1sc(CSc2ccc(Cl)cc2)nc1C. The molecule has 0 saturated heterocycles. The average molecular weight is 298 g/mol. The molecule has 5 heteroatoms. The minimum absolute atomic E-state index is 0.0905. The summed E-state index contributed by atoms with van der Waals surface area (Å²) in [7, 11) is 0. The van der Waals surface area contributed by atoms with E-state index < -0.39 is 0 Å². The molecule has 2 rings (SSSR count). The number of rotatable bonds is 4. The Balaban J connectivity index is 2.04. The maximum absolute atomic E-state index is 11.3. The summed E-state index contributed by atoms with van der Waals surface area (Å²) < 4.78 is 0. The lowest BCUT2D eigenvalue weighted by molar-refractivity contribution is 0.102. The zero-order chi connectivity index (χ0) is 13.1. The monoisotopic (exact) mass is 297 g/mol. The van der Waals surface area contributed by atoms with Gasteiger partial charge < -0.3 is 0 Å². The Morgan fingerprint density at radius 1 is 1.39 bits per heavy atom. The number of aryl methyl sites for hydroxylation is 1. The van der Waals surface area contributed by atoms with E-state index >= 15 is 0 Å². The molecule has 2 aromatic rings. The molecule has 1 aromatic carbocycles. The van der Waals surface area contributed by atoms with Crippen LogP contribution in [0.5, 0.6) is 0 Å². The second-order valence-corrected chi connectivity index (χ2v) is 6.39. The maximum Gasteiger partial charge on any atom is 0.171 e. The van der Waals surface area contributed by atoms with Crippen LogP contribution in [0.15, 0.2) is 29.2 Å². The minimum Gasteiger partial charge on any atom is -0.294 e. The number of thiazole rings is 1. The topological polar surface area (TPSA) is 30.0 Å². The van der Waals surface area contributed by atoms with Gasteiger partial charge in [-0.3, -0.25) is 4.79 Å². The van der Waals surface area contributed by atoms with Crippen molar-refractivity contribution in [2.45, 2.75) is 24.5 Å². The largest absolute Gasteiger partial charge is 0.294 e. The molecule has 0 aliphatic heterocycles. The van der Waals surface area contributed by atoms with Gasteiger partial charge in [0.2, 0.25) is 0 Å². The molecule has 0 radical (unpaired) electrons. The number of ketones is 1. The number of thioether (sulfide) groups is 1. The molecule has 0 aliphatic rings. The summed E-state index contributed by atoms with van der Waals surface area (Å²) in [4.78, 5) is 17.7. The summed E-state index contributed by atoms with van der Waals surface area (Å²) >= 11 is 9.01. The van der Waals surface area contributed by atoms with Gasteiger partial charge in [-0.05, 0) is 31.2 Å². The quantitative estimate of drug-likeness (QED) is 0.610. The van der Waals surface area contributed by atoms with E-state index in [0.717, 1.165) is 31.2 Å². The van der Waals surface area contributed by atoms with Crippen molar-refractivity contribution in [3.63, 3.8) is 0 Å². The predicted octanol–water partition coefficient (Wildman–Crippen LogP) is 4.60. The molecular weight excluding hydrogens is 286 g/mol. The summed E-state index contributed by atoms with van der Waals surface area (Å²) in [6.45, 7) is 3.46. The van der Waals surface area contributed by atoms with Gasteiger partial charge in [-0.1, -0.05) is 11.6 Å². The number of nitrogens with zero attached hydrogens (tertiary/aromatic N) is 1. The highest BCUT2D eigenvalue weighted by Gasteiger charge is 2.11. The molecule has 94 valence electrons. The van der Waals surface area contributed by atoms with E-state index in [-0.39, 0.29) is 5.78 Å². The molecule has 0 fully saturated rings. The van der Waals surface area contributed by atoms with Crippen molar-refractivity contribution in [2.24, 2.45) is 0 Å². The molecule has 1 aromatic heterocycles. The molecule has 2 nitrogen and oxygen atoms in total. The summed E-state index contributed by atoms with van der Waals surface area (Å²) in [5, 5.41) is 1.72. The van der Waals surface area contributed by atoms with Crippen molar-refractivity contribution in [1.29, 1.82) is 0 Å². The second-order valence-electron chi connectivity index (χ2n) is 3.82. The normalized spacial score (nSPS) is 10.6. The Labute approximate surface area is 119 Å². The van der Waals surface area contributed by atoms with Crippen molar-refractivity contribution in [2.75, 3.05) is 0 Å². The number of hydrogen-bond donors (Lipinski definition) is 0. The number of hydrogen-bond acceptors (Lipinski definition) is 4. The van der Waals surface area contributed by atoms with Crippen LogP contribution >= 0.6 is 34.7 Å². The highest BCUT2D eigenvalue weighted by molar-refractivity contribution is 7.98. The van der Waals surface area contributed by atoms with Crippen LogP contribution in [0.1, 0.15) is 27.3 Å². The van der Waals surface area contributed by atoms with Crippen LogP contribution in [-0.2, 0) is 5.75 Å². The summed E-state index contributed by atoms with van der Waals surface area (Å²) in [6, 6.07) is 7.72. The van der Waals surface area contributed by atoms with E-state index in [9.17, 15) is 4.79 Å². The fraction of sp³-hybridized carbons (Fsp3) is 0.231. The predicted molar refractivity (Wildman–Crippen MR) is 77.9 cm³/mol. The Hall–Kier alpha value is -0.840. The van der Waals surface area contributed by atoms with Crippen molar-refractivity contribution in [3.05, 3.63) is 44.9 Å².